The highest BCUT2D eigenvalue weighted by atomic mass is 16.3. The van der Waals surface area contributed by atoms with Gasteiger partial charge in [0.05, 0.1) is 6.10 Å². The monoisotopic (exact) mass is 259 g/mol. The third kappa shape index (κ3) is 2.39. The van der Waals surface area contributed by atoms with E-state index in [0.29, 0.717) is 12.3 Å². The zero-order chi connectivity index (χ0) is 13.4. The summed E-state index contributed by atoms with van der Waals surface area (Å²) in [4.78, 5) is 13.4. The van der Waals surface area contributed by atoms with Crippen molar-refractivity contribution in [3.63, 3.8) is 0 Å². The van der Waals surface area contributed by atoms with Gasteiger partial charge in [-0.15, -0.1) is 0 Å². The van der Waals surface area contributed by atoms with Crippen molar-refractivity contribution < 1.29 is 9.90 Å². The number of aryl methyl sites for hydroxylation is 1. The quantitative estimate of drug-likeness (QED) is 0.842. The second-order valence-electron chi connectivity index (χ2n) is 5.85. The standard InChI is InChI=1S/C16H21NO2/c1-17-15-8-4-12(10-13(15)5-9-16(17)19)11-2-6-14(18)7-3-11/h4,8,10-11,14,18H,2-3,5-7,9H2,1H3. The van der Waals surface area contributed by atoms with Gasteiger partial charge in [0.2, 0.25) is 5.91 Å². The molecule has 1 aliphatic carbocycles. The Morgan fingerprint density at radius 3 is 2.63 bits per heavy atom. The summed E-state index contributed by atoms with van der Waals surface area (Å²) < 4.78 is 0. The molecule has 0 aromatic heterocycles. The molecule has 3 rings (SSSR count). The summed E-state index contributed by atoms with van der Waals surface area (Å²) in [5.74, 6) is 0.790. The summed E-state index contributed by atoms with van der Waals surface area (Å²) in [5, 5.41) is 9.59. The van der Waals surface area contributed by atoms with Crippen LogP contribution in [0.15, 0.2) is 18.2 Å². The van der Waals surface area contributed by atoms with Crippen LogP contribution in [-0.4, -0.2) is 24.2 Å². The van der Waals surface area contributed by atoms with E-state index in [1.807, 2.05) is 7.05 Å². The largest absolute Gasteiger partial charge is 0.393 e. The number of aliphatic hydroxyl groups excluding tert-OH is 1. The van der Waals surface area contributed by atoms with Crippen LogP contribution in [-0.2, 0) is 11.2 Å². The van der Waals surface area contributed by atoms with Gasteiger partial charge in [-0.25, -0.2) is 0 Å². The number of rotatable bonds is 1. The first-order valence-corrected chi connectivity index (χ1v) is 7.22. The van der Waals surface area contributed by atoms with Crippen LogP contribution in [0.2, 0.25) is 0 Å². The lowest BCUT2D eigenvalue weighted by molar-refractivity contribution is -0.118. The average Bonchev–Trinajstić information content (AvgIpc) is 2.43. The summed E-state index contributed by atoms with van der Waals surface area (Å²) in [6.45, 7) is 0. The maximum atomic E-state index is 11.7. The molecule has 1 aromatic rings. The molecule has 1 aliphatic heterocycles. The van der Waals surface area contributed by atoms with Crippen molar-refractivity contribution in [2.45, 2.75) is 50.5 Å². The van der Waals surface area contributed by atoms with Crippen molar-refractivity contribution in [1.82, 2.24) is 0 Å². The van der Waals surface area contributed by atoms with Crippen LogP contribution in [0.3, 0.4) is 0 Å². The number of carbonyl (C=O) groups excluding carboxylic acids is 1. The molecule has 0 unspecified atom stereocenters. The van der Waals surface area contributed by atoms with Gasteiger partial charge < -0.3 is 10.0 Å². The summed E-state index contributed by atoms with van der Waals surface area (Å²) in [5.41, 5.74) is 3.75. The second-order valence-corrected chi connectivity index (χ2v) is 5.85. The zero-order valence-corrected chi connectivity index (χ0v) is 11.4. The Labute approximate surface area is 114 Å². The SMILES string of the molecule is CN1C(=O)CCc2cc(C3CCC(O)CC3)ccc21. The molecule has 0 spiro atoms. The minimum absolute atomic E-state index is 0.0994. The molecule has 3 heteroatoms. The van der Waals surface area contributed by atoms with Gasteiger partial charge in [0, 0.05) is 19.2 Å². The average molecular weight is 259 g/mol. The molecule has 1 heterocycles. The maximum Gasteiger partial charge on any atom is 0.227 e. The van der Waals surface area contributed by atoms with Gasteiger partial charge in [-0.2, -0.15) is 0 Å². The van der Waals surface area contributed by atoms with Gasteiger partial charge in [0.15, 0.2) is 0 Å². The molecule has 3 nitrogen and oxygen atoms in total. The van der Waals surface area contributed by atoms with Crippen molar-refractivity contribution in [2.24, 2.45) is 0 Å². The third-order valence-corrected chi connectivity index (χ3v) is 4.62. The Morgan fingerprint density at radius 2 is 1.89 bits per heavy atom. The van der Waals surface area contributed by atoms with Crippen molar-refractivity contribution in [2.75, 3.05) is 11.9 Å². The van der Waals surface area contributed by atoms with Crippen molar-refractivity contribution in [3.8, 4) is 0 Å². The Balaban J connectivity index is 1.84. The second kappa shape index (κ2) is 4.97. The molecule has 0 bridgehead atoms. The molecular weight excluding hydrogens is 238 g/mol. The van der Waals surface area contributed by atoms with E-state index in [1.165, 1.54) is 11.1 Å². The van der Waals surface area contributed by atoms with Crippen LogP contribution in [0.5, 0.6) is 0 Å². The summed E-state index contributed by atoms with van der Waals surface area (Å²) >= 11 is 0. The zero-order valence-electron chi connectivity index (χ0n) is 11.4. The van der Waals surface area contributed by atoms with E-state index in [0.717, 1.165) is 37.8 Å². The molecule has 1 amide bonds. The Kier molecular flexibility index (Phi) is 3.31. The number of carbonyl (C=O) groups is 1. The van der Waals surface area contributed by atoms with E-state index in [9.17, 15) is 9.90 Å². The highest BCUT2D eigenvalue weighted by Crippen LogP contribution is 2.36. The fourth-order valence-electron chi connectivity index (χ4n) is 3.34. The number of amides is 1. The van der Waals surface area contributed by atoms with E-state index in [1.54, 1.807) is 4.90 Å². The molecule has 0 atom stereocenters. The van der Waals surface area contributed by atoms with E-state index < -0.39 is 0 Å². The number of aliphatic hydroxyl groups is 1. The molecule has 2 aliphatic rings. The summed E-state index contributed by atoms with van der Waals surface area (Å²) in [6.07, 6.45) is 5.37. The lowest BCUT2D eigenvalue weighted by atomic mass is 9.81. The normalized spacial score (nSPS) is 27.3. The number of nitrogens with zero attached hydrogens (tertiary/aromatic N) is 1. The van der Waals surface area contributed by atoms with Crippen LogP contribution in [0.25, 0.3) is 0 Å². The first kappa shape index (κ1) is 12.7. The van der Waals surface area contributed by atoms with Crippen LogP contribution in [0.4, 0.5) is 5.69 Å². The first-order valence-electron chi connectivity index (χ1n) is 7.22. The van der Waals surface area contributed by atoms with Gasteiger partial charge in [0.1, 0.15) is 0 Å². The molecule has 0 saturated heterocycles. The minimum atomic E-state index is -0.0994. The fraction of sp³-hybridized carbons (Fsp3) is 0.562. The van der Waals surface area contributed by atoms with E-state index in [-0.39, 0.29) is 12.0 Å². The lowest BCUT2D eigenvalue weighted by Crippen LogP contribution is -2.31. The van der Waals surface area contributed by atoms with Crippen LogP contribution in [0, 0.1) is 0 Å². The fourth-order valence-corrected chi connectivity index (χ4v) is 3.34. The number of hydrogen-bond donors (Lipinski definition) is 1. The van der Waals surface area contributed by atoms with Crippen LogP contribution in [0.1, 0.15) is 49.1 Å². The Hall–Kier alpha value is -1.35. The number of anilines is 1. The number of hydrogen-bond acceptors (Lipinski definition) is 2. The maximum absolute atomic E-state index is 11.7. The number of fused-ring (bicyclic) bond motifs is 1. The van der Waals surface area contributed by atoms with E-state index in [2.05, 4.69) is 18.2 Å². The summed E-state index contributed by atoms with van der Waals surface area (Å²) in [6, 6.07) is 6.53. The van der Waals surface area contributed by atoms with Crippen molar-refractivity contribution in [3.05, 3.63) is 29.3 Å². The highest BCUT2D eigenvalue weighted by molar-refractivity contribution is 5.95. The molecule has 19 heavy (non-hydrogen) atoms. The van der Waals surface area contributed by atoms with Gasteiger partial charge >= 0.3 is 0 Å². The van der Waals surface area contributed by atoms with Gasteiger partial charge in [0.25, 0.3) is 0 Å². The van der Waals surface area contributed by atoms with Crippen molar-refractivity contribution in [1.29, 1.82) is 0 Å². The Morgan fingerprint density at radius 1 is 1.16 bits per heavy atom. The van der Waals surface area contributed by atoms with E-state index in [4.69, 9.17) is 0 Å². The van der Waals surface area contributed by atoms with Gasteiger partial charge in [-0.3, -0.25) is 4.79 Å². The predicted octanol–water partition coefficient (Wildman–Crippen LogP) is 2.61. The van der Waals surface area contributed by atoms with E-state index >= 15 is 0 Å². The van der Waals surface area contributed by atoms with Gasteiger partial charge in [-0.1, -0.05) is 12.1 Å². The topological polar surface area (TPSA) is 40.5 Å². The molecule has 1 fully saturated rings. The predicted molar refractivity (Wildman–Crippen MR) is 75.4 cm³/mol. The molecule has 1 N–H and O–H groups in total. The molecular formula is C16H21NO2. The highest BCUT2D eigenvalue weighted by Gasteiger charge is 2.24. The number of benzene rings is 1. The Bertz CT molecular complexity index is 490. The third-order valence-electron chi connectivity index (χ3n) is 4.62. The minimum Gasteiger partial charge on any atom is -0.393 e. The first-order chi connectivity index (χ1) is 9.15. The molecule has 102 valence electrons. The lowest BCUT2D eigenvalue weighted by Gasteiger charge is -2.29. The van der Waals surface area contributed by atoms with Gasteiger partial charge in [-0.05, 0) is 55.2 Å². The smallest absolute Gasteiger partial charge is 0.227 e. The van der Waals surface area contributed by atoms with Crippen LogP contribution < -0.4 is 4.90 Å². The molecule has 0 radical (unpaired) electrons. The molecule has 1 saturated carbocycles. The molecule has 1 aromatic carbocycles. The summed E-state index contributed by atoms with van der Waals surface area (Å²) in [7, 11) is 1.86. The van der Waals surface area contributed by atoms with Crippen LogP contribution >= 0.6 is 0 Å². The van der Waals surface area contributed by atoms with Crippen molar-refractivity contribution >= 4 is 11.6 Å².